The minimum atomic E-state index is -0.907. The van der Waals surface area contributed by atoms with Crippen LogP contribution >= 0.6 is 0 Å². The highest BCUT2D eigenvalue weighted by Crippen LogP contribution is 2.26. The summed E-state index contributed by atoms with van der Waals surface area (Å²) in [4.78, 5) is 14.3. The molecule has 2 aromatic carbocycles. The molecule has 2 N–H and O–H groups in total. The molecule has 0 radical (unpaired) electrons. The first-order valence-electron chi connectivity index (χ1n) is 7.98. The lowest BCUT2D eigenvalue weighted by Gasteiger charge is -2.44. The van der Waals surface area contributed by atoms with Crippen LogP contribution in [-0.4, -0.2) is 41.1 Å². The van der Waals surface area contributed by atoms with E-state index in [1.54, 1.807) is 0 Å². The van der Waals surface area contributed by atoms with E-state index in [2.05, 4.69) is 22.3 Å². The predicted octanol–water partition coefficient (Wildman–Crippen LogP) is 2.16. The Morgan fingerprint density at radius 2 is 1.65 bits per heavy atom. The Bertz CT molecular complexity index is 645. The number of hydrogen-bond acceptors (Lipinski definition) is 3. The standard InChI is InChI=1S/C19H22N2O2/c22-18(23)19(13-16-7-3-1-4-8-16)15-20-11-12-21(19)14-17-9-5-2-6-10-17/h1-10,20H,11-15H2,(H,22,23). The van der Waals surface area contributed by atoms with Crippen molar-refractivity contribution in [2.75, 3.05) is 19.6 Å². The van der Waals surface area contributed by atoms with Crippen molar-refractivity contribution in [2.45, 2.75) is 18.5 Å². The Morgan fingerprint density at radius 1 is 1.04 bits per heavy atom. The number of aliphatic carboxylic acids is 1. The van der Waals surface area contributed by atoms with E-state index < -0.39 is 11.5 Å². The second-order valence-corrected chi connectivity index (χ2v) is 6.08. The van der Waals surface area contributed by atoms with E-state index in [4.69, 9.17) is 0 Å². The van der Waals surface area contributed by atoms with Crippen molar-refractivity contribution in [1.82, 2.24) is 10.2 Å². The van der Waals surface area contributed by atoms with Gasteiger partial charge in [-0.3, -0.25) is 9.69 Å². The molecule has 120 valence electrons. The number of nitrogens with zero attached hydrogens (tertiary/aromatic N) is 1. The molecule has 1 aliphatic rings. The minimum absolute atomic E-state index is 0.462. The second-order valence-electron chi connectivity index (χ2n) is 6.08. The van der Waals surface area contributed by atoms with Crippen LogP contribution in [-0.2, 0) is 17.8 Å². The van der Waals surface area contributed by atoms with Crippen molar-refractivity contribution in [2.24, 2.45) is 0 Å². The zero-order chi connectivity index (χ0) is 16.1. The van der Waals surface area contributed by atoms with Gasteiger partial charge in [-0.15, -0.1) is 0 Å². The molecule has 0 aromatic heterocycles. The number of rotatable bonds is 5. The first kappa shape index (κ1) is 15.7. The fourth-order valence-electron chi connectivity index (χ4n) is 3.26. The topological polar surface area (TPSA) is 52.6 Å². The normalized spacial score (nSPS) is 21.9. The van der Waals surface area contributed by atoms with Crippen molar-refractivity contribution in [3.63, 3.8) is 0 Å². The zero-order valence-corrected chi connectivity index (χ0v) is 13.1. The fourth-order valence-corrected chi connectivity index (χ4v) is 3.26. The van der Waals surface area contributed by atoms with Gasteiger partial charge in [-0.25, -0.2) is 0 Å². The fraction of sp³-hybridized carbons (Fsp3) is 0.316. The number of benzene rings is 2. The van der Waals surface area contributed by atoms with Crippen LogP contribution in [0.1, 0.15) is 11.1 Å². The number of carboxylic acids is 1. The Hall–Kier alpha value is -2.17. The SMILES string of the molecule is O=C(O)C1(Cc2ccccc2)CNCCN1Cc1ccccc1. The van der Waals surface area contributed by atoms with Crippen molar-refractivity contribution < 1.29 is 9.90 Å². The van der Waals surface area contributed by atoms with Gasteiger partial charge in [0.1, 0.15) is 5.54 Å². The Labute approximate surface area is 136 Å². The molecule has 2 aromatic rings. The molecule has 1 aliphatic heterocycles. The summed E-state index contributed by atoms with van der Waals surface area (Å²) in [5.74, 6) is -0.760. The van der Waals surface area contributed by atoms with Crippen LogP contribution in [0.15, 0.2) is 60.7 Å². The Morgan fingerprint density at radius 3 is 2.26 bits per heavy atom. The predicted molar refractivity (Wildman–Crippen MR) is 90.2 cm³/mol. The Kier molecular flexibility index (Phi) is 4.74. The van der Waals surface area contributed by atoms with E-state index in [1.807, 2.05) is 48.5 Å². The van der Waals surface area contributed by atoms with Crippen LogP contribution in [0.2, 0.25) is 0 Å². The molecule has 1 atom stereocenters. The van der Waals surface area contributed by atoms with E-state index >= 15 is 0 Å². The third-order valence-corrected chi connectivity index (χ3v) is 4.54. The van der Waals surface area contributed by atoms with Crippen molar-refractivity contribution >= 4 is 5.97 Å². The molecular formula is C19H22N2O2. The summed E-state index contributed by atoms with van der Waals surface area (Å²) in [7, 11) is 0. The van der Waals surface area contributed by atoms with Crippen LogP contribution in [0.5, 0.6) is 0 Å². The lowest BCUT2D eigenvalue weighted by Crippen LogP contribution is -2.66. The number of nitrogens with one attached hydrogen (secondary N) is 1. The molecule has 1 heterocycles. The molecule has 1 fully saturated rings. The Balaban J connectivity index is 1.89. The maximum atomic E-state index is 12.2. The van der Waals surface area contributed by atoms with Gasteiger partial charge in [0.25, 0.3) is 0 Å². The summed E-state index contributed by atoms with van der Waals surface area (Å²) in [6.07, 6.45) is 0.503. The lowest BCUT2D eigenvalue weighted by atomic mass is 9.86. The molecule has 3 rings (SSSR count). The van der Waals surface area contributed by atoms with Crippen LogP contribution < -0.4 is 5.32 Å². The molecule has 0 amide bonds. The van der Waals surface area contributed by atoms with Crippen molar-refractivity contribution in [3.05, 3.63) is 71.8 Å². The van der Waals surface area contributed by atoms with Gasteiger partial charge in [-0.2, -0.15) is 0 Å². The summed E-state index contributed by atoms with van der Waals surface area (Å²) in [5.41, 5.74) is 1.29. The van der Waals surface area contributed by atoms with Gasteiger partial charge in [0.2, 0.25) is 0 Å². The smallest absolute Gasteiger partial charge is 0.325 e. The third kappa shape index (κ3) is 3.44. The molecule has 4 heteroatoms. The summed E-state index contributed by atoms with van der Waals surface area (Å²) < 4.78 is 0. The number of carbonyl (C=O) groups is 1. The van der Waals surface area contributed by atoms with Crippen molar-refractivity contribution in [3.8, 4) is 0 Å². The summed E-state index contributed by atoms with van der Waals surface area (Å²) in [5, 5.41) is 13.3. The number of hydrogen-bond donors (Lipinski definition) is 2. The average Bonchev–Trinajstić information content (AvgIpc) is 2.58. The monoisotopic (exact) mass is 310 g/mol. The highest BCUT2D eigenvalue weighted by Gasteiger charge is 2.45. The van der Waals surface area contributed by atoms with Crippen LogP contribution in [0.4, 0.5) is 0 Å². The lowest BCUT2D eigenvalue weighted by molar-refractivity contribution is -0.153. The van der Waals surface area contributed by atoms with E-state index in [9.17, 15) is 9.90 Å². The maximum Gasteiger partial charge on any atom is 0.325 e. The first-order chi connectivity index (χ1) is 11.2. The van der Waals surface area contributed by atoms with Gasteiger partial charge in [0.05, 0.1) is 0 Å². The molecule has 0 spiro atoms. The molecular weight excluding hydrogens is 288 g/mol. The van der Waals surface area contributed by atoms with Gasteiger partial charge < -0.3 is 10.4 Å². The molecule has 0 saturated carbocycles. The quantitative estimate of drug-likeness (QED) is 0.888. The summed E-state index contributed by atoms with van der Waals surface area (Å²) in [6, 6.07) is 20.0. The molecule has 0 bridgehead atoms. The van der Waals surface area contributed by atoms with Gasteiger partial charge in [-0.05, 0) is 11.1 Å². The van der Waals surface area contributed by atoms with E-state index in [0.29, 0.717) is 19.5 Å². The van der Waals surface area contributed by atoms with E-state index in [-0.39, 0.29) is 0 Å². The molecule has 0 aliphatic carbocycles. The minimum Gasteiger partial charge on any atom is -0.480 e. The maximum absolute atomic E-state index is 12.2. The largest absolute Gasteiger partial charge is 0.480 e. The van der Waals surface area contributed by atoms with Gasteiger partial charge >= 0.3 is 5.97 Å². The average molecular weight is 310 g/mol. The van der Waals surface area contributed by atoms with Crippen LogP contribution in [0, 0.1) is 0 Å². The molecule has 1 unspecified atom stereocenters. The van der Waals surface area contributed by atoms with E-state index in [1.165, 1.54) is 0 Å². The van der Waals surface area contributed by atoms with Gasteiger partial charge in [-0.1, -0.05) is 60.7 Å². The van der Waals surface area contributed by atoms with E-state index in [0.717, 1.165) is 24.2 Å². The molecule has 23 heavy (non-hydrogen) atoms. The van der Waals surface area contributed by atoms with Gasteiger partial charge in [0.15, 0.2) is 0 Å². The number of piperazine rings is 1. The highest BCUT2D eigenvalue weighted by molar-refractivity contribution is 5.80. The summed E-state index contributed by atoms with van der Waals surface area (Å²) in [6.45, 7) is 2.66. The van der Waals surface area contributed by atoms with Crippen molar-refractivity contribution in [1.29, 1.82) is 0 Å². The van der Waals surface area contributed by atoms with Crippen LogP contribution in [0.25, 0.3) is 0 Å². The second kappa shape index (κ2) is 6.94. The summed E-state index contributed by atoms with van der Waals surface area (Å²) >= 11 is 0. The molecule has 1 saturated heterocycles. The third-order valence-electron chi connectivity index (χ3n) is 4.54. The zero-order valence-electron chi connectivity index (χ0n) is 13.1. The first-order valence-corrected chi connectivity index (χ1v) is 7.98. The highest BCUT2D eigenvalue weighted by atomic mass is 16.4. The van der Waals surface area contributed by atoms with Crippen LogP contribution in [0.3, 0.4) is 0 Å². The molecule has 4 nitrogen and oxygen atoms in total. The van der Waals surface area contributed by atoms with Gasteiger partial charge in [0, 0.05) is 32.6 Å². The number of carboxylic acid groups (broad SMARTS) is 1.